The molecule has 2 N–H and O–H groups in total. The van der Waals surface area contributed by atoms with E-state index in [1.807, 2.05) is 50.2 Å². The number of nitrogens with zero attached hydrogens (tertiary/aromatic N) is 1. The second kappa shape index (κ2) is 9.47. The molecule has 0 radical (unpaired) electrons. The molecule has 6 heteroatoms. The van der Waals surface area contributed by atoms with Crippen LogP contribution in [-0.2, 0) is 16.0 Å². The van der Waals surface area contributed by atoms with E-state index in [0.717, 1.165) is 26.7 Å². The van der Waals surface area contributed by atoms with Crippen LogP contribution in [0.2, 0.25) is 0 Å². The SMILES string of the molecule is Cc1cccc(-c2nc(C)c(CCNC(=O)C(=O)N[C@H](C)c3ccccc3)s2)c1. The molecule has 1 heterocycles. The first-order valence-electron chi connectivity index (χ1n) is 9.61. The number of amides is 2. The molecule has 0 aliphatic heterocycles. The van der Waals surface area contributed by atoms with Crippen LogP contribution in [0.3, 0.4) is 0 Å². The van der Waals surface area contributed by atoms with Crippen molar-refractivity contribution >= 4 is 23.2 Å². The summed E-state index contributed by atoms with van der Waals surface area (Å²) < 4.78 is 0. The molecule has 2 amide bonds. The summed E-state index contributed by atoms with van der Waals surface area (Å²) in [6.07, 6.45) is 0.641. The molecule has 0 aliphatic rings. The van der Waals surface area contributed by atoms with Crippen molar-refractivity contribution in [2.45, 2.75) is 33.2 Å². The van der Waals surface area contributed by atoms with Gasteiger partial charge in [-0.15, -0.1) is 11.3 Å². The highest BCUT2D eigenvalue weighted by Gasteiger charge is 2.17. The summed E-state index contributed by atoms with van der Waals surface area (Å²) in [6, 6.07) is 17.6. The van der Waals surface area contributed by atoms with Gasteiger partial charge in [0, 0.05) is 23.4 Å². The van der Waals surface area contributed by atoms with Gasteiger partial charge in [-0.25, -0.2) is 4.98 Å². The summed E-state index contributed by atoms with van der Waals surface area (Å²) >= 11 is 1.63. The van der Waals surface area contributed by atoms with Crippen LogP contribution in [0.1, 0.15) is 34.7 Å². The van der Waals surface area contributed by atoms with Crippen LogP contribution in [0.4, 0.5) is 0 Å². The number of carbonyl (C=O) groups is 2. The second-order valence-corrected chi connectivity index (χ2v) is 8.09. The maximum atomic E-state index is 12.1. The maximum absolute atomic E-state index is 12.1. The molecule has 3 aromatic rings. The van der Waals surface area contributed by atoms with Gasteiger partial charge in [-0.2, -0.15) is 0 Å². The minimum absolute atomic E-state index is 0.227. The van der Waals surface area contributed by atoms with Gasteiger partial charge in [0.25, 0.3) is 0 Å². The number of carbonyl (C=O) groups excluding carboxylic acids is 2. The van der Waals surface area contributed by atoms with Crippen molar-refractivity contribution in [3.05, 3.63) is 76.3 Å². The van der Waals surface area contributed by atoms with Crippen LogP contribution in [0.5, 0.6) is 0 Å². The van der Waals surface area contributed by atoms with E-state index in [4.69, 9.17) is 0 Å². The number of hydrogen-bond acceptors (Lipinski definition) is 4. The van der Waals surface area contributed by atoms with Gasteiger partial charge in [-0.05, 0) is 32.4 Å². The Morgan fingerprint density at radius 1 is 1.03 bits per heavy atom. The fourth-order valence-electron chi connectivity index (χ4n) is 3.02. The molecular weight excluding hydrogens is 382 g/mol. The lowest BCUT2D eigenvalue weighted by molar-refractivity contribution is -0.139. The summed E-state index contributed by atoms with van der Waals surface area (Å²) in [7, 11) is 0. The number of thiazole rings is 1. The van der Waals surface area contributed by atoms with E-state index in [-0.39, 0.29) is 6.04 Å². The molecule has 5 nitrogen and oxygen atoms in total. The molecule has 0 saturated heterocycles. The Labute approximate surface area is 175 Å². The predicted molar refractivity (Wildman–Crippen MR) is 117 cm³/mol. The number of aromatic nitrogens is 1. The first kappa shape index (κ1) is 20.7. The lowest BCUT2D eigenvalue weighted by Gasteiger charge is -2.13. The molecule has 0 unspecified atom stereocenters. The number of benzene rings is 2. The summed E-state index contributed by atoms with van der Waals surface area (Å²) in [6.45, 7) is 6.28. The number of aryl methyl sites for hydroxylation is 2. The Hall–Kier alpha value is -2.99. The fraction of sp³-hybridized carbons (Fsp3) is 0.261. The average Bonchev–Trinajstić information content (AvgIpc) is 3.09. The van der Waals surface area contributed by atoms with Crippen LogP contribution >= 0.6 is 11.3 Å². The monoisotopic (exact) mass is 407 g/mol. The zero-order valence-corrected chi connectivity index (χ0v) is 17.7. The maximum Gasteiger partial charge on any atom is 0.309 e. The molecule has 150 valence electrons. The van der Waals surface area contributed by atoms with Crippen molar-refractivity contribution in [2.75, 3.05) is 6.54 Å². The zero-order chi connectivity index (χ0) is 20.8. The normalized spacial score (nSPS) is 11.7. The lowest BCUT2D eigenvalue weighted by Crippen LogP contribution is -2.41. The van der Waals surface area contributed by atoms with Gasteiger partial charge in [0.1, 0.15) is 5.01 Å². The first-order valence-corrected chi connectivity index (χ1v) is 10.4. The molecular formula is C23H25N3O2S. The van der Waals surface area contributed by atoms with Crippen LogP contribution in [-0.4, -0.2) is 23.3 Å². The van der Waals surface area contributed by atoms with E-state index >= 15 is 0 Å². The van der Waals surface area contributed by atoms with Crippen molar-refractivity contribution < 1.29 is 9.59 Å². The van der Waals surface area contributed by atoms with Crippen molar-refractivity contribution in [3.63, 3.8) is 0 Å². The first-order chi connectivity index (χ1) is 13.9. The molecule has 0 fully saturated rings. The van der Waals surface area contributed by atoms with Gasteiger partial charge in [0.2, 0.25) is 0 Å². The third kappa shape index (κ3) is 5.51. The van der Waals surface area contributed by atoms with Crippen LogP contribution < -0.4 is 10.6 Å². The largest absolute Gasteiger partial charge is 0.347 e. The molecule has 0 bridgehead atoms. The van der Waals surface area contributed by atoms with E-state index in [1.54, 1.807) is 11.3 Å². The lowest BCUT2D eigenvalue weighted by atomic mass is 10.1. The summed E-state index contributed by atoms with van der Waals surface area (Å²) in [5, 5.41) is 6.40. The Bertz CT molecular complexity index is 998. The molecule has 0 aliphatic carbocycles. The molecule has 1 atom stereocenters. The number of rotatable bonds is 6. The third-order valence-corrected chi connectivity index (χ3v) is 5.91. The fourth-order valence-corrected chi connectivity index (χ4v) is 4.08. The molecule has 3 rings (SSSR count). The number of hydrogen-bond donors (Lipinski definition) is 2. The number of nitrogens with one attached hydrogen (secondary N) is 2. The van der Waals surface area contributed by atoms with Crippen LogP contribution in [0.15, 0.2) is 54.6 Å². The summed E-state index contributed by atoms with van der Waals surface area (Å²) in [5.41, 5.74) is 4.21. The topological polar surface area (TPSA) is 71.1 Å². The van der Waals surface area contributed by atoms with Gasteiger partial charge >= 0.3 is 11.8 Å². The standard InChI is InChI=1S/C23H25N3O2S/c1-15-8-7-11-19(14-15)23-26-17(3)20(29-23)12-13-24-21(27)22(28)25-16(2)18-9-5-4-6-10-18/h4-11,14,16H,12-13H2,1-3H3,(H,24,27)(H,25,28)/t16-/m1/s1. The molecule has 29 heavy (non-hydrogen) atoms. The quantitative estimate of drug-likeness (QED) is 0.608. The van der Waals surface area contributed by atoms with Gasteiger partial charge in [0.05, 0.1) is 11.7 Å². The highest BCUT2D eigenvalue weighted by molar-refractivity contribution is 7.15. The highest BCUT2D eigenvalue weighted by Crippen LogP contribution is 2.28. The van der Waals surface area contributed by atoms with Gasteiger partial charge in [-0.1, -0.05) is 54.1 Å². The minimum atomic E-state index is -0.622. The molecule has 0 saturated carbocycles. The Morgan fingerprint density at radius 2 is 1.79 bits per heavy atom. The minimum Gasteiger partial charge on any atom is -0.347 e. The molecule has 0 spiro atoms. The zero-order valence-electron chi connectivity index (χ0n) is 16.9. The van der Waals surface area contributed by atoms with E-state index in [1.165, 1.54) is 5.56 Å². The Kier molecular flexibility index (Phi) is 6.77. The highest BCUT2D eigenvalue weighted by atomic mass is 32.1. The molecule has 2 aromatic carbocycles. The molecule has 1 aromatic heterocycles. The van der Waals surface area contributed by atoms with E-state index < -0.39 is 11.8 Å². The van der Waals surface area contributed by atoms with Crippen molar-refractivity contribution in [3.8, 4) is 10.6 Å². The van der Waals surface area contributed by atoms with Gasteiger partial charge < -0.3 is 10.6 Å². The van der Waals surface area contributed by atoms with Gasteiger partial charge in [-0.3, -0.25) is 9.59 Å². The smallest absolute Gasteiger partial charge is 0.309 e. The second-order valence-electron chi connectivity index (χ2n) is 7.01. The summed E-state index contributed by atoms with van der Waals surface area (Å²) in [4.78, 5) is 30.0. The Morgan fingerprint density at radius 3 is 2.52 bits per heavy atom. The third-order valence-electron chi connectivity index (χ3n) is 4.65. The van der Waals surface area contributed by atoms with E-state index in [2.05, 4.69) is 40.7 Å². The van der Waals surface area contributed by atoms with Crippen molar-refractivity contribution in [1.29, 1.82) is 0 Å². The van der Waals surface area contributed by atoms with Gasteiger partial charge in [0.15, 0.2) is 0 Å². The van der Waals surface area contributed by atoms with Crippen molar-refractivity contribution in [2.24, 2.45) is 0 Å². The Balaban J connectivity index is 1.52. The van der Waals surface area contributed by atoms with E-state index in [9.17, 15) is 9.59 Å². The average molecular weight is 408 g/mol. The van der Waals surface area contributed by atoms with Crippen LogP contribution in [0, 0.1) is 13.8 Å². The van der Waals surface area contributed by atoms with Crippen molar-refractivity contribution in [1.82, 2.24) is 15.6 Å². The predicted octanol–water partition coefficient (Wildman–Crippen LogP) is 3.96. The van der Waals surface area contributed by atoms with E-state index in [0.29, 0.717) is 13.0 Å². The van der Waals surface area contributed by atoms with Crippen LogP contribution in [0.25, 0.3) is 10.6 Å². The summed E-state index contributed by atoms with van der Waals surface area (Å²) in [5.74, 6) is -1.24.